The summed E-state index contributed by atoms with van der Waals surface area (Å²) < 4.78 is 323. The molecule has 0 unspecified atom stereocenters. The number of piperidine rings is 1. The number of pyridine rings is 1. The first-order chi connectivity index (χ1) is 36.6. The number of ether oxygens (including phenoxy) is 1. The topological polar surface area (TPSA) is 54.8 Å². The maximum atomic E-state index is 15.9. The van der Waals surface area contributed by atoms with Crippen molar-refractivity contribution in [2.75, 3.05) is 33.2 Å². The van der Waals surface area contributed by atoms with Gasteiger partial charge in [-0.25, -0.2) is 8.78 Å². The summed E-state index contributed by atoms with van der Waals surface area (Å²) in [7, 11) is 0.685. The van der Waals surface area contributed by atoms with E-state index in [0.717, 1.165) is 6.92 Å². The number of benzene rings is 4. The van der Waals surface area contributed by atoms with Gasteiger partial charge in [-0.05, 0) is 72.1 Å². The van der Waals surface area contributed by atoms with Crippen LogP contribution in [-0.2, 0) is 34.5 Å². The minimum Gasteiger partial charge on any atom is -0.383 e. The molecule has 6 nitrogen and oxygen atoms in total. The van der Waals surface area contributed by atoms with Gasteiger partial charge in [-0.1, -0.05) is 54.4 Å². The third-order valence-corrected chi connectivity index (χ3v) is 8.02. The number of aromatic nitrogens is 1. The molecule has 0 spiro atoms. The maximum absolute atomic E-state index is 15.9. The third kappa shape index (κ3) is 9.00. The zero-order valence-electron chi connectivity index (χ0n) is 55.0. The number of fused-ring (bicyclic) bond motifs is 1. The molecule has 1 aromatic heterocycles. The van der Waals surface area contributed by atoms with Crippen LogP contribution < -0.4 is 5.43 Å². The number of amides is 1. The molecule has 0 atom stereocenters. The summed E-state index contributed by atoms with van der Waals surface area (Å²) in [5.74, 6) is -7.97. The van der Waals surface area contributed by atoms with Gasteiger partial charge < -0.3 is 19.1 Å². The number of thioether (sulfide) groups is 1. The van der Waals surface area contributed by atoms with E-state index in [4.69, 9.17) is 28.8 Å². The predicted octanol–water partition coefficient (Wildman–Crippen LogP) is 8.71. The summed E-state index contributed by atoms with van der Waals surface area (Å²) in [4.78, 5) is 28.9. The molecule has 0 radical (unpaired) electrons. The highest BCUT2D eigenvalue weighted by molar-refractivity contribution is 7.98. The van der Waals surface area contributed by atoms with E-state index < -0.39 is 243 Å². The lowest BCUT2D eigenvalue weighted by atomic mass is 9.97. The number of nitrogens with zero attached hydrogens (tertiary/aromatic N) is 3. The molecule has 0 bridgehead atoms. The lowest BCUT2D eigenvalue weighted by molar-refractivity contribution is -0.137. The van der Waals surface area contributed by atoms with E-state index in [1.54, 1.807) is 0 Å². The Bertz CT molecular complexity index is 3470. The van der Waals surface area contributed by atoms with Crippen molar-refractivity contribution in [2.45, 2.75) is 55.7 Å². The second-order valence-electron chi connectivity index (χ2n) is 10.4. The number of alkyl halides is 3. The van der Waals surface area contributed by atoms with E-state index in [1.165, 1.54) is 0 Å². The first kappa shape index (κ1) is 16.5. The van der Waals surface area contributed by atoms with E-state index in [2.05, 4.69) is 4.74 Å². The Hall–Kier alpha value is -4.52. The van der Waals surface area contributed by atoms with Gasteiger partial charge in [0.15, 0.2) is 17.1 Å². The van der Waals surface area contributed by atoms with E-state index >= 15 is 9.18 Å². The molecule has 0 saturated carbocycles. The Balaban J connectivity index is 1.79. The van der Waals surface area contributed by atoms with Crippen LogP contribution in [0.1, 0.15) is 73.4 Å². The van der Waals surface area contributed by atoms with Gasteiger partial charge in [0.25, 0.3) is 0 Å². The lowest BCUT2D eigenvalue weighted by Crippen LogP contribution is -2.48. The molecule has 6 rings (SSSR count). The number of hydrogen-bond donors (Lipinski definition) is 0. The minimum atomic E-state index is -5.51. The average molecular weight is 778 g/mol. The fourth-order valence-electron chi connectivity index (χ4n) is 4.40. The van der Waals surface area contributed by atoms with Crippen LogP contribution in [0.25, 0.3) is 22.0 Å². The maximum Gasteiger partial charge on any atom is 0.416 e. The van der Waals surface area contributed by atoms with Crippen molar-refractivity contribution >= 4 is 28.6 Å². The third-order valence-electron chi connectivity index (χ3n) is 7.02. The van der Waals surface area contributed by atoms with Crippen molar-refractivity contribution in [2.24, 2.45) is 0 Å². The second kappa shape index (κ2) is 16.7. The molecule has 1 amide bonds. The summed E-state index contributed by atoms with van der Waals surface area (Å²) in [5.41, 5.74) is -10.7. The minimum absolute atomic E-state index is 0.179. The molecule has 0 aliphatic carbocycles. The Kier molecular flexibility index (Phi) is 5.17. The Morgan fingerprint density at radius 3 is 2.43 bits per heavy atom. The number of carbonyl (C=O) groups is 1. The number of para-hydroxylation sites is 1. The average Bonchev–Trinajstić information content (AvgIpc) is 3.37. The number of methoxy groups -OCH3 is 1. The zero-order chi connectivity index (χ0) is 62.4. The number of carbonyl (C=O) groups excluding carboxylic acids is 1. The smallest absolute Gasteiger partial charge is 0.383 e. The fraction of sp³-hybridized carbons (Fsp3) is 0.317. The number of likely N-dealkylation sites (tertiary alicyclic amines) is 1. The molecule has 12 heteroatoms. The SMILES string of the molecule is [2H]c1c([2H])c(F)c(F)c(CSc2c([2H])c(=O)c3c([2H])c([2H])c([2H])c([2H])c3n2C([2H])([2H])C(=O)N(Cc2c([2H])c([2H])c(-c3c([2H])c([2H])c(C(F)(F)F)c([2H])c3[2H])c([2H])c2C)C2([2H])C([2H])([2H])C([2H])([2H])N(CC([2H])([2H])OC)C([2H])([2H])C2([2H])[2H])c1[2H]. The van der Waals surface area contributed by atoms with Gasteiger partial charge in [0.2, 0.25) is 5.91 Å². The first-order valence-electron chi connectivity index (χ1n) is 28.7. The van der Waals surface area contributed by atoms with Gasteiger partial charge in [0, 0.05) is 72.9 Å². The van der Waals surface area contributed by atoms with Crippen molar-refractivity contribution in [3.63, 3.8) is 0 Å². The highest BCUT2D eigenvalue weighted by Gasteiger charge is 2.31. The Labute approximate surface area is 348 Å². The fourth-order valence-corrected chi connectivity index (χ4v) is 5.31. The van der Waals surface area contributed by atoms with Gasteiger partial charge in [-0.15, -0.1) is 11.8 Å². The highest BCUT2D eigenvalue weighted by atomic mass is 32.2. The molecule has 4 aromatic carbocycles. The molecule has 0 N–H and O–H groups in total. The standard InChI is InChI=1S/C41H40F5N3O3S/c1-27-22-29(28-12-14-32(15-13-28)41(44,45)46)10-11-30(27)24-48(33-16-18-47(19-17-33)20-21-52-2)38(51)25-49-36-9-4-3-7-34(36)37(50)23-39(49)53-26-31-6-5-8-35(42)40(31)43/h3-15,22-23,33H,16-21,24-26H2,1-2H3/i3D,4D,5D,6D,7D,8D,9D,10D,11D,12D,13D,14D,15D,16D2,17D2,18D2,19D2,21D2,22D,23D,25D2,33D. The van der Waals surface area contributed by atoms with Crippen LogP contribution in [0.5, 0.6) is 0 Å². The van der Waals surface area contributed by atoms with Crippen molar-refractivity contribution in [1.29, 1.82) is 0 Å². The molecule has 1 aliphatic heterocycles. The summed E-state index contributed by atoms with van der Waals surface area (Å²) in [5, 5.41) is -2.68. The summed E-state index contributed by atoms with van der Waals surface area (Å²) in [6, 6.07) is -26.1. The summed E-state index contributed by atoms with van der Waals surface area (Å²) >= 11 is -0.179. The summed E-state index contributed by atoms with van der Waals surface area (Å²) in [6.45, 7) is -19.3. The summed E-state index contributed by atoms with van der Waals surface area (Å²) in [6.07, 6.45) is -14.8. The van der Waals surface area contributed by atoms with Crippen LogP contribution in [-0.4, -0.2) is 59.5 Å². The van der Waals surface area contributed by atoms with Gasteiger partial charge in [0.05, 0.1) is 50.1 Å². The van der Waals surface area contributed by atoms with Crippen molar-refractivity contribution in [3.05, 3.63) is 135 Å². The number of halogens is 5. The van der Waals surface area contributed by atoms with Gasteiger partial charge >= 0.3 is 6.18 Å². The largest absolute Gasteiger partial charge is 0.416 e. The van der Waals surface area contributed by atoms with E-state index in [0.29, 0.717) is 7.11 Å². The molecule has 1 fully saturated rings. The van der Waals surface area contributed by atoms with Crippen LogP contribution in [0.3, 0.4) is 0 Å². The molecule has 1 aliphatic rings. The monoisotopic (exact) mass is 777 g/mol. The predicted molar refractivity (Wildman–Crippen MR) is 198 cm³/mol. The second-order valence-corrected chi connectivity index (χ2v) is 11.4. The van der Waals surface area contributed by atoms with Gasteiger partial charge in [0.1, 0.15) is 6.50 Å². The van der Waals surface area contributed by atoms with Crippen molar-refractivity contribution in [1.82, 2.24) is 14.4 Å². The Morgan fingerprint density at radius 2 is 1.72 bits per heavy atom. The van der Waals surface area contributed by atoms with Crippen LogP contribution in [0, 0.1) is 18.6 Å². The molecular weight excluding hydrogens is 710 g/mol. The zero-order valence-corrected chi connectivity index (χ0v) is 27.8. The van der Waals surface area contributed by atoms with Crippen molar-refractivity contribution in [3.8, 4) is 11.1 Å². The quantitative estimate of drug-likeness (QED) is 0.0938. The Morgan fingerprint density at radius 1 is 1.00 bits per heavy atom. The lowest BCUT2D eigenvalue weighted by Gasteiger charge is -2.39. The molecule has 2 heterocycles. The van der Waals surface area contributed by atoms with Crippen LogP contribution in [0.4, 0.5) is 22.0 Å². The van der Waals surface area contributed by atoms with E-state index in [1.807, 2.05) is 0 Å². The van der Waals surface area contributed by atoms with Crippen molar-refractivity contribution < 1.29 is 69.9 Å². The van der Waals surface area contributed by atoms with Crippen LogP contribution in [0.2, 0.25) is 0 Å². The van der Waals surface area contributed by atoms with Crippen LogP contribution >= 0.6 is 11.8 Å². The molecule has 1 saturated heterocycles. The number of rotatable bonds is 12. The van der Waals surface area contributed by atoms with E-state index in [-0.39, 0.29) is 16.3 Å². The van der Waals surface area contributed by atoms with Gasteiger partial charge in [-0.3, -0.25) is 9.59 Å². The van der Waals surface area contributed by atoms with Crippen LogP contribution in [0.15, 0.2) is 100 Å². The van der Waals surface area contributed by atoms with E-state index in [9.17, 15) is 32.0 Å². The number of hydrogen-bond acceptors (Lipinski definition) is 5. The first-order valence-corrected chi connectivity index (χ1v) is 15.7. The molecule has 278 valence electrons. The normalized spacial score (nSPS) is 26.7. The molecule has 5 aromatic rings. The highest BCUT2D eigenvalue weighted by Crippen LogP contribution is 2.32. The molecule has 53 heavy (non-hydrogen) atoms. The molecular formula is C41H40F5N3O3S. The van der Waals surface area contributed by atoms with Gasteiger partial charge in [-0.2, -0.15) is 13.2 Å².